The van der Waals surface area contributed by atoms with E-state index in [9.17, 15) is 0 Å². The van der Waals surface area contributed by atoms with E-state index in [4.69, 9.17) is 9.47 Å². The summed E-state index contributed by atoms with van der Waals surface area (Å²) in [5.41, 5.74) is 1.28. The van der Waals surface area contributed by atoms with Crippen molar-refractivity contribution in [3.8, 4) is 5.75 Å². The zero-order chi connectivity index (χ0) is 19.2. The SMILES string of the molecule is CCCCCCCCC/C=C/CCCCc1ccccc1OCC1(C)CO1. The third kappa shape index (κ3) is 10.0. The Morgan fingerprint density at radius 1 is 0.926 bits per heavy atom. The van der Waals surface area contributed by atoms with E-state index in [0.29, 0.717) is 6.61 Å². The summed E-state index contributed by atoms with van der Waals surface area (Å²) >= 11 is 0. The molecule has 1 aromatic carbocycles. The lowest BCUT2D eigenvalue weighted by Gasteiger charge is -2.13. The van der Waals surface area contributed by atoms with Gasteiger partial charge in [0.05, 0.1) is 6.61 Å². The molecule has 152 valence electrons. The van der Waals surface area contributed by atoms with E-state index in [1.807, 2.05) is 0 Å². The maximum Gasteiger partial charge on any atom is 0.123 e. The van der Waals surface area contributed by atoms with Gasteiger partial charge in [-0.3, -0.25) is 0 Å². The molecule has 27 heavy (non-hydrogen) atoms. The summed E-state index contributed by atoms with van der Waals surface area (Å²) in [5.74, 6) is 1.03. The van der Waals surface area contributed by atoms with Crippen LogP contribution in [0.4, 0.5) is 0 Å². The molecule has 0 bridgehead atoms. The smallest absolute Gasteiger partial charge is 0.123 e. The van der Waals surface area contributed by atoms with Crippen molar-refractivity contribution < 1.29 is 9.47 Å². The summed E-state index contributed by atoms with van der Waals surface area (Å²) in [6.45, 7) is 5.86. The van der Waals surface area contributed by atoms with Crippen LogP contribution in [0.15, 0.2) is 36.4 Å². The van der Waals surface area contributed by atoms with Gasteiger partial charge in [0.1, 0.15) is 18.0 Å². The summed E-state index contributed by atoms with van der Waals surface area (Å²) in [6, 6.07) is 8.45. The standard InChI is InChI=1S/C25H40O2/c1-3-4-5-6-7-8-9-10-11-12-13-14-15-18-23-19-16-17-20-24(23)26-21-25(2)22-27-25/h11-12,16-17,19-20H,3-10,13-15,18,21-22H2,1-2H3/b12-11+. The third-order valence-electron chi connectivity index (χ3n) is 5.35. The van der Waals surface area contributed by atoms with Crippen molar-refractivity contribution in [1.82, 2.24) is 0 Å². The first kappa shape index (κ1) is 22.0. The second kappa shape index (κ2) is 13.0. The highest BCUT2D eigenvalue weighted by Gasteiger charge is 2.40. The lowest BCUT2D eigenvalue weighted by molar-refractivity contribution is 0.201. The molecule has 0 N–H and O–H groups in total. The number of unbranched alkanes of at least 4 members (excludes halogenated alkanes) is 9. The van der Waals surface area contributed by atoms with Gasteiger partial charge in [0, 0.05) is 0 Å². The lowest BCUT2D eigenvalue weighted by Crippen LogP contribution is -2.17. The van der Waals surface area contributed by atoms with Gasteiger partial charge >= 0.3 is 0 Å². The molecule has 1 aliphatic rings. The molecule has 1 heterocycles. The van der Waals surface area contributed by atoms with Crippen LogP contribution in [0.5, 0.6) is 5.75 Å². The van der Waals surface area contributed by atoms with Gasteiger partial charge < -0.3 is 9.47 Å². The van der Waals surface area contributed by atoms with Gasteiger partial charge in [0.25, 0.3) is 0 Å². The number of rotatable bonds is 16. The minimum absolute atomic E-state index is 0.0482. The second-order valence-corrected chi connectivity index (χ2v) is 8.26. The van der Waals surface area contributed by atoms with Crippen molar-refractivity contribution in [2.75, 3.05) is 13.2 Å². The van der Waals surface area contributed by atoms with Crippen LogP contribution < -0.4 is 4.74 Å². The van der Waals surface area contributed by atoms with E-state index in [0.717, 1.165) is 18.8 Å². The molecule has 0 aromatic heterocycles. The van der Waals surface area contributed by atoms with Gasteiger partial charge in [-0.2, -0.15) is 0 Å². The number of hydrogen-bond acceptors (Lipinski definition) is 2. The zero-order valence-electron chi connectivity index (χ0n) is 17.7. The van der Waals surface area contributed by atoms with Crippen molar-refractivity contribution in [3.05, 3.63) is 42.0 Å². The highest BCUT2D eigenvalue weighted by atomic mass is 16.6. The molecule has 0 aliphatic carbocycles. The average Bonchev–Trinajstić information content (AvgIpc) is 3.42. The topological polar surface area (TPSA) is 21.8 Å². The molecule has 1 saturated heterocycles. The van der Waals surface area contributed by atoms with Crippen LogP contribution in [0.2, 0.25) is 0 Å². The van der Waals surface area contributed by atoms with Crippen molar-refractivity contribution in [2.45, 2.75) is 96.5 Å². The summed E-state index contributed by atoms with van der Waals surface area (Å²) in [4.78, 5) is 0. The van der Waals surface area contributed by atoms with Gasteiger partial charge in [-0.25, -0.2) is 0 Å². The van der Waals surface area contributed by atoms with Crippen LogP contribution in [0.3, 0.4) is 0 Å². The fraction of sp³-hybridized carbons (Fsp3) is 0.680. The zero-order valence-corrected chi connectivity index (χ0v) is 17.7. The molecule has 1 fully saturated rings. The molecular formula is C25H40O2. The van der Waals surface area contributed by atoms with Gasteiger partial charge in [0.2, 0.25) is 0 Å². The average molecular weight is 373 g/mol. The fourth-order valence-electron chi connectivity index (χ4n) is 3.32. The molecule has 2 heteroatoms. The summed E-state index contributed by atoms with van der Waals surface area (Å²) in [7, 11) is 0. The number of epoxide rings is 1. The van der Waals surface area contributed by atoms with Crippen LogP contribution in [0, 0.1) is 0 Å². The van der Waals surface area contributed by atoms with Crippen LogP contribution in [-0.2, 0) is 11.2 Å². The first-order valence-corrected chi connectivity index (χ1v) is 11.2. The van der Waals surface area contributed by atoms with Crippen molar-refractivity contribution in [2.24, 2.45) is 0 Å². The second-order valence-electron chi connectivity index (χ2n) is 8.26. The first-order valence-electron chi connectivity index (χ1n) is 11.2. The van der Waals surface area contributed by atoms with E-state index in [1.165, 1.54) is 76.2 Å². The molecule has 1 aromatic rings. The Balaban J connectivity index is 1.49. The molecule has 1 aliphatic heterocycles. The lowest BCUT2D eigenvalue weighted by atomic mass is 10.1. The minimum atomic E-state index is -0.0482. The molecule has 0 amide bonds. The summed E-state index contributed by atoms with van der Waals surface area (Å²) in [5, 5.41) is 0. The van der Waals surface area contributed by atoms with E-state index < -0.39 is 0 Å². The first-order chi connectivity index (χ1) is 13.2. The van der Waals surface area contributed by atoms with E-state index in [2.05, 4.69) is 50.3 Å². The van der Waals surface area contributed by atoms with Gasteiger partial charge in [0.15, 0.2) is 0 Å². The number of aryl methyl sites for hydroxylation is 1. The third-order valence-corrected chi connectivity index (χ3v) is 5.35. The maximum absolute atomic E-state index is 5.99. The van der Waals surface area contributed by atoms with Crippen molar-refractivity contribution in [1.29, 1.82) is 0 Å². The predicted octanol–water partition coefficient (Wildman–Crippen LogP) is 7.26. The van der Waals surface area contributed by atoms with Crippen LogP contribution in [0.25, 0.3) is 0 Å². The predicted molar refractivity (Wildman–Crippen MR) is 116 cm³/mol. The molecular weight excluding hydrogens is 332 g/mol. The highest BCUT2D eigenvalue weighted by Crippen LogP contribution is 2.28. The van der Waals surface area contributed by atoms with Gasteiger partial charge in [-0.15, -0.1) is 0 Å². The van der Waals surface area contributed by atoms with E-state index in [1.54, 1.807) is 0 Å². The Hall–Kier alpha value is -1.28. The molecule has 0 radical (unpaired) electrons. The Labute approximate surface area is 167 Å². The molecule has 0 saturated carbocycles. The maximum atomic E-state index is 5.99. The van der Waals surface area contributed by atoms with Gasteiger partial charge in [-0.1, -0.05) is 75.8 Å². The minimum Gasteiger partial charge on any atom is -0.490 e. The Bertz CT molecular complexity index is 531. The largest absolute Gasteiger partial charge is 0.490 e. The fourth-order valence-corrected chi connectivity index (χ4v) is 3.32. The molecule has 0 spiro atoms. The highest BCUT2D eigenvalue weighted by molar-refractivity contribution is 5.33. The normalized spacial score (nSPS) is 18.9. The van der Waals surface area contributed by atoms with Crippen LogP contribution >= 0.6 is 0 Å². The summed E-state index contributed by atoms with van der Waals surface area (Å²) < 4.78 is 11.4. The molecule has 2 rings (SSSR count). The number of benzene rings is 1. The van der Waals surface area contributed by atoms with Crippen LogP contribution in [-0.4, -0.2) is 18.8 Å². The quantitative estimate of drug-likeness (QED) is 0.173. The van der Waals surface area contributed by atoms with Gasteiger partial charge in [-0.05, 0) is 57.1 Å². The number of para-hydroxylation sites is 1. The monoisotopic (exact) mass is 372 g/mol. The number of allylic oxidation sites excluding steroid dienone is 2. The van der Waals surface area contributed by atoms with E-state index in [-0.39, 0.29) is 5.60 Å². The van der Waals surface area contributed by atoms with Crippen molar-refractivity contribution in [3.63, 3.8) is 0 Å². The van der Waals surface area contributed by atoms with E-state index >= 15 is 0 Å². The van der Waals surface area contributed by atoms with Crippen LogP contribution in [0.1, 0.15) is 90.0 Å². The Kier molecular flexibility index (Phi) is 10.6. The van der Waals surface area contributed by atoms with Crippen molar-refractivity contribution >= 4 is 0 Å². The number of hydrogen-bond donors (Lipinski definition) is 0. The number of ether oxygens (including phenoxy) is 2. The Morgan fingerprint density at radius 2 is 1.56 bits per heavy atom. The summed E-state index contributed by atoms with van der Waals surface area (Å²) in [6.07, 6.45) is 20.6. The molecule has 1 unspecified atom stereocenters. The Morgan fingerprint density at radius 3 is 2.26 bits per heavy atom. The molecule has 2 nitrogen and oxygen atoms in total. The molecule has 1 atom stereocenters.